The Kier molecular flexibility index (Phi) is 5.75. The van der Waals surface area contributed by atoms with E-state index in [0.717, 1.165) is 17.3 Å². The fraction of sp³-hybridized carbons (Fsp3) is 0.143. The lowest BCUT2D eigenvalue weighted by molar-refractivity contribution is -0.135. The van der Waals surface area contributed by atoms with Crippen molar-refractivity contribution in [1.29, 1.82) is 0 Å². The largest absolute Gasteiger partial charge is 0.507 e. The zero-order valence-electron chi connectivity index (χ0n) is 15.6. The predicted octanol–water partition coefficient (Wildman–Crippen LogP) is 4.51. The van der Waals surface area contributed by atoms with Gasteiger partial charge in [-0.05, 0) is 48.9 Å². The van der Waals surface area contributed by atoms with E-state index in [4.69, 9.17) is 9.47 Å². The lowest BCUT2D eigenvalue weighted by Crippen LogP contribution is -2.10. The van der Waals surface area contributed by atoms with E-state index in [0.29, 0.717) is 26.9 Å². The topological polar surface area (TPSA) is 88.4 Å². The third-order valence-electron chi connectivity index (χ3n) is 4.03. The SMILES string of the molecule is COC(=O)C1=C(O)/C(=C\c2cc(OC)ccc2O)SC1=Nc1cccc(C)c1. The van der Waals surface area contributed by atoms with Crippen LogP contribution in [0.5, 0.6) is 11.5 Å². The predicted molar refractivity (Wildman–Crippen MR) is 110 cm³/mol. The number of benzene rings is 2. The minimum absolute atomic E-state index is 0.0114. The standard InChI is InChI=1S/C21H19NO5S/c1-12-5-4-6-14(9-12)22-20-18(21(25)27-3)19(24)17(28-20)11-13-10-15(26-2)7-8-16(13)23/h4-11,23-24H,1-3H3/b17-11+,22-20?. The molecule has 28 heavy (non-hydrogen) atoms. The van der Waals surface area contributed by atoms with Gasteiger partial charge < -0.3 is 19.7 Å². The van der Waals surface area contributed by atoms with Crippen LogP contribution in [0.4, 0.5) is 5.69 Å². The summed E-state index contributed by atoms with van der Waals surface area (Å²) in [5.41, 5.74) is 2.11. The van der Waals surface area contributed by atoms with E-state index >= 15 is 0 Å². The molecule has 0 fully saturated rings. The third kappa shape index (κ3) is 4.04. The number of nitrogens with zero attached hydrogens (tertiary/aromatic N) is 1. The van der Waals surface area contributed by atoms with E-state index in [1.54, 1.807) is 18.2 Å². The highest BCUT2D eigenvalue weighted by molar-refractivity contribution is 8.18. The molecule has 0 atom stereocenters. The van der Waals surface area contributed by atoms with E-state index in [1.807, 2.05) is 31.2 Å². The van der Waals surface area contributed by atoms with Crippen molar-refractivity contribution in [3.05, 3.63) is 69.8 Å². The number of rotatable bonds is 4. The summed E-state index contributed by atoms with van der Waals surface area (Å²) in [5.74, 6) is -0.358. The average Bonchev–Trinajstić information content (AvgIpc) is 2.98. The van der Waals surface area contributed by atoms with Crippen molar-refractivity contribution in [2.45, 2.75) is 6.92 Å². The van der Waals surface area contributed by atoms with Crippen molar-refractivity contribution in [3.8, 4) is 11.5 Å². The molecule has 0 saturated carbocycles. The van der Waals surface area contributed by atoms with E-state index in [9.17, 15) is 15.0 Å². The third-order valence-corrected chi connectivity index (χ3v) is 5.05. The summed E-state index contributed by atoms with van der Waals surface area (Å²) in [5, 5.41) is 21.1. The molecule has 7 heteroatoms. The maximum atomic E-state index is 12.2. The Bertz CT molecular complexity index is 1020. The van der Waals surface area contributed by atoms with Crippen LogP contribution in [0, 0.1) is 6.92 Å². The number of carbonyl (C=O) groups excluding carboxylic acids is 1. The lowest BCUT2D eigenvalue weighted by Gasteiger charge is -2.04. The van der Waals surface area contributed by atoms with Gasteiger partial charge in [-0.3, -0.25) is 0 Å². The number of esters is 1. The molecule has 0 bridgehead atoms. The second-order valence-corrected chi connectivity index (χ2v) is 7.04. The maximum Gasteiger partial charge on any atom is 0.344 e. The summed E-state index contributed by atoms with van der Waals surface area (Å²) >= 11 is 1.12. The van der Waals surface area contributed by atoms with Crippen molar-refractivity contribution in [3.63, 3.8) is 0 Å². The van der Waals surface area contributed by atoms with Crippen molar-refractivity contribution < 1.29 is 24.5 Å². The Morgan fingerprint density at radius 3 is 2.61 bits per heavy atom. The van der Waals surface area contributed by atoms with Crippen molar-refractivity contribution in [1.82, 2.24) is 0 Å². The molecule has 0 saturated heterocycles. The van der Waals surface area contributed by atoms with Gasteiger partial charge >= 0.3 is 5.97 Å². The van der Waals surface area contributed by atoms with Gasteiger partial charge in [0.2, 0.25) is 0 Å². The van der Waals surface area contributed by atoms with Gasteiger partial charge in [0, 0.05) is 5.56 Å². The molecule has 1 aliphatic heterocycles. The minimum atomic E-state index is -0.685. The molecule has 3 rings (SSSR count). The minimum Gasteiger partial charge on any atom is -0.507 e. The van der Waals surface area contributed by atoms with Crippen LogP contribution >= 0.6 is 11.8 Å². The number of hydrogen-bond donors (Lipinski definition) is 2. The normalized spacial score (nSPS) is 16.7. The Morgan fingerprint density at radius 2 is 1.93 bits per heavy atom. The lowest BCUT2D eigenvalue weighted by atomic mass is 10.1. The molecule has 0 aliphatic carbocycles. The molecule has 144 valence electrons. The van der Waals surface area contributed by atoms with E-state index in [1.165, 1.54) is 20.3 Å². The first kappa shape index (κ1) is 19.6. The first-order valence-electron chi connectivity index (χ1n) is 8.37. The monoisotopic (exact) mass is 397 g/mol. The molecular weight excluding hydrogens is 378 g/mol. The molecule has 1 aliphatic rings. The second kappa shape index (κ2) is 8.22. The smallest absolute Gasteiger partial charge is 0.344 e. The fourth-order valence-corrected chi connectivity index (χ4v) is 3.65. The van der Waals surface area contributed by atoms with Gasteiger partial charge in [0.15, 0.2) is 0 Å². The van der Waals surface area contributed by atoms with Crippen LogP contribution in [0.15, 0.2) is 63.7 Å². The van der Waals surface area contributed by atoms with Crippen molar-refractivity contribution >= 4 is 34.5 Å². The zero-order chi connectivity index (χ0) is 20.3. The Morgan fingerprint density at radius 1 is 1.14 bits per heavy atom. The van der Waals surface area contributed by atoms with Gasteiger partial charge in [-0.2, -0.15) is 0 Å². The Labute approximate surface area is 166 Å². The summed E-state index contributed by atoms with van der Waals surface area (Å²) < 4.78 is 9.98. The van der Waals surface area contributed by atoms with Gasteiger partial charge in [-0.25, -0.2) is 9.79 Å². The molecule has 0 spiro atoms. The molecular formula is C21H19NO5S. The van der Waals surface area contributed by atoms with Gasteiger partial charge in [0.05, 0.1) is 24.8 Å². The number of carbonyl (C=O) groups is 1. The van der Waals surface area contributed by atoms with Crippen molar-refractivity contribution in [2.75, 3.05) is 14.2 Å². The van der Waals surface area contributed by atoms with Crippen LogP contribution in [0.3, 0.4) is 0 Å². The maximum absolute atomic E-state index is 12.2. The molecule has 6 nitrogen and oxygen atoms in total. The average molecular weight is 397 g/mol. The number of aliphatic hydroxyl groups excluding tert-OH is 1. The van der Waals surface area contributed by atoms with Gasteiger partial charge in [-0.15, -0.1) is 0 Å². The highest BCUT2D eigenvalue weighted by atomic mass is 32.2. The van der Waals surface area contributed by atoms with E-state index in [2.05, 4.69) is 4.99 Å². The zero-order valence-corrected chi connectivity index (χ0v) is 16.4. The highest BCUT2D eigenvalue weighted by Crippen LogP contribution is 2.41. The molecule has 2 aromatic rings. The molecule has 1 heterocycles. The number of ether oxygens (including phenoxy) is 2. The number of aliphatic imine (C=N–C) groups is 1. The number of aliphatic hydroxyl groups is 1. The Balaban J connectivity index is 2.08. The van der Waals surface area contributed by atoms with Gasteiger partial charge in [0.1, 0.15) is 27.9 Å². The van der Waals surface area contributed by atoms with Gasteiger partial charge in [-0.1, -0.05) is 23.9 Å². The van der Waals surface area contributed by atoms with Gasteiger partial charge in [0.25, 0.3) is 0 Å². The van der Waals surface area contributed by atoms with Crippen LogP contribution in [0.1, 0.15) is 11.1 Å². The fourth-order valence-electron chi connectivity index (χ4n) is 2.62. The Hall–Kier alpha value is -3.19. The van der Waals surface area contributed by atoms with E-state index in [-0.39, 0.29) is 17.1 Å². The summed E-state index contributed by atoms with van der Waals surface area (Å²) in [6, 6.07) is 12.2. The highest BCUT2D eigenvalue weighted by Gasteiger charge is 2.33. The molecule has 2 N–H and O–H groups in total. The number of aryl methyl sites for hydroxylation is 1. The molecule has 2 aromatic carbocycles. The summed E-state index contributed by atoms with van der Waals surface area (Å²) in [7, 11) is 2.76. The first-order valence-corrected chi connectivity index (χ1v) is 9.18. The summed E-state index contributed by atoms with van der Waals surface area (Å²) in [6.07, 6.45) is 1.57. The number of phenols is 1. The van der Waals surface area contributed by atoms with Crippen LogP contribution in [-0.2, 0) is 9.53 Å². The van der Waals surface area contributed by atoms with E-state index < -0.39 is 5.97 Å². The molecule has 0 aromatic heterocycles. The van der Waals surface area contributed by atoms with Crippen LogP contribution < -0.4 is 4.74 Å². The van der Waals surface area contributed by atoms with Crippen LogP contribution in [0.2, 0.25) is 0 Å². The molecule has 0 radical (unpaired) electrons. The molecule has 0 unspecified atom stereocenters. The summed E-state index contributed by atoms with van der Waals surface area (Å²) in [4.78, 5) is 17.1. The van der Waals surface area contributed by atoms with Crippen molar-refractivity contribution in [2.24, 2.45) is 4.99 Å². The number of methoxy groups -OCH3 is 2. The van der Waals surface area contributed by atoms with Crippen LogP contribution in [0.25, 0.3) is 6.08 Å². The summed E-state index contributed by atoms with van der Waals surface area (Å²) in [6.45, 7) is 1.94. The molecule has 0 amide bonds. The van der Waals surface area contributed by atoms with Crippen LogP contribution in [-0.4, -0.2) is 35.4 Å². The number of hydrogen-bond acceptors (Lipinski definition) is 7. The first-order chi connectivity index (χ1) is 13.4. The number of phenolic OH excluding ortho intramolecular Hbond substituents is 1. The number of thioether (sulfide) groups is 1. The quantitative estimate of drug-likeness (QED) is 0.738. The second-order valence-electron chi connectivity index (χ2n) is 6.01. The number of aromatic hydroxyl groups is 1.